The molecular weight excluding hydrogens is 386 g/mol. The van der Waals surface area contributed by atoms with Crippen LogP contribution in [0.1, 0.15) is 56.6 Å². The Morgan fingerprint density at radius 1 is 1.41 bits per heavy atom. The van der Waals surface area contributed by atoms with Crippen LogP contribution in [0, 0.1) is 5.92 Å². The van der Waals surface area contributed by atoms with Crippen LogP contribution in [-0.4, -0.2) is 38.6 Å². The molecule has 0 spiro atoms. The highest BCUT2D eigenvalue weighted by Crippen LogP contribution is 2.37. The highest BCUT2D eigenvalue weighted by Gasteiger charge is 2.46. The van der Waals surface area contributed by atoms with Gasteiger partial charge in [-0.2, -0.15) is 0 Å². The first-order valence-electron chi connectivity index (χ1n) is 10.2. The van der Waals surface area contributed by atoms with Gasteiger partial charge in [0.1, 0.15) is 16.2 Å². The molecule has 0 aromatic carbocycles. The quantitative estimate of drug-likeness (QED) is 0.625. The zero-order valence-corrected chi connectivity index (χ0v) is 18.2. The fourth-order valence-electron chi connectivity index (χ4n) is 4.01. The van der Waals surface area contributed by atoms with Crippen LogP contribution in [0.5, 0.6) is 0 Å². The molecule has 7 heteroatoms. The number of hydrogen-bond acceptors (Lipinski definition) is 5. The van der Waals surface area contributed by atoms with Crippen molar-refractivity contribution < 1.29 is 9.53 Å². The predicted octanol–water partition coefficient (Wildman–Crippen LogP) is 4.31. The van der Waals surface area contributed by atoms with E-state index >= 15 is 0 Å². The molecule has 4 heterocycles. The number of pyridine rings is 1. The first-order chi connectivity index (χ1) is 13.8. The van der Waals surface area contributed by atoms with Gasteiger partial charge in [-0.25, -0.2) is 4.98 Å². The monoisotopic (exact) mass is 413 g/mol. The van der Waals surface area contributed by atoms with E-state index in [1.807, 2.05) is 17.9 Å². The molecule has 6 nitrogen and oxygen atoms in total. The average Bonchev–Trinajstić information content (AvgIpc) is 3.28. The SMILES string of the molecule is CC[C@@H]1CO[C@@](C)(CCC(C)C)N1C(=O)c1cc2c(=O)n3ccccc3nc2s1. The molecule has 29 heavy (non-hydrogen) atoms. The predicted molar refractivity (Wildman–Crippen MR) is 116 cm³/mol. The highest BCUT2D eigenvalue weighted by molar-refractivity contribution is 7.20. The van der Waals surface area contributed by atoms with Crippen molar-refractivity contribution in [3.63, 3.8) is 0 Å². The Kier molecular flexibility index (Phi) is 5.21. The summed E-state index contributed by atoms with van der Waals surface area (Å²) in [5, 5.41) is 0.485. The van der Waals surface area contributed by atoms with Crippen LogP contribution in [-0.2, 0) is 4.74 Å². The molecule has 1 amide bonds. The van der Waals surface area contributed by atoms with Crippen LogP contribution in [0.25, 0.3) is 15.9 Å². The largest absolute Gasteiger partial charge is 0.354 e. The van der Waals surface area contributed by atoms with Crippen molar-refractivity contribution in [2.24, 2.45) is 5.92 Å². The van der Waals surface area contributed by atoms with Gasteiger partial charge in [-0.15, -0.1) is 11.3 Å². The summed E-state index contributed by atoms with van der Waals surface area (Å²) in [4.78, 5) is 34.0. The minimum Gasteiger partial charge on any atom is -0.354 e. The van der Waals surface area contributed by atoms with E-state index in [9.17, 15) is 9.59 Å². The topological polar surface area (TPSA) is 63.9 Å². The van der Waals surface area contributed by atoms with Gasteiger partial charge < -0.3 is 9.64 Å². The molecule has 0 radical (unpaired) electrons. The molecular formula is C22H27N3O3S. The Hall–Kier alpha value is -2.25. The zero-order valence-electron chi connectivity index (χ0n) is 17.3. The summed E-state index contributed by atoms with van der Waals surface area (Å²) in [6.45, 7) is 8.99. The van der Waals surface area contributed by atoms with Gasteiger partial charge in [0.05, 0.1) is 22.9 Å². The summed E-state index contributed by atoms with van der Waals surface area (Å²) in [6, 6.07) is 7.18. The van der Waals surface area contributed by atoms with Gasteiger partial charge in [0.15, 0.2) is 0 Å². The van der Waals surface area contributed by atoms with Crippen molar-refractivity contribution in [1.29, 1.82) is 0 Å². The maximum absolute atomic E-state index is 13.6. The van der Waals surface area contributed by atoms with E-state index in [1.54, 1.807) is 24.4 Å². The third kappa shape index (κ3) is 3.46. The number of aromatic nitrogens is 2. The third-order valence-corrected chi connectivity index (χ3v) is 6.78. The standard InChI is InChI=1S/C22H27N3O3S/c1-5-15-13-28-22(4,10-9-14(2)3)25(15)21(27)17-12-16-19(29-17)23-18-8-6-7-11-24(18)20(16)26/h6-8,11-12,14-15H,5,9-10,13H2,1-4H3/t15-,22+/m1/s1. The summed E-state index contributed by atoms with van der Waals surface area (Å²) in [6.07, 6.45) is 4.31. The second-order valence-electron chi connectivity index (χ2n) is 8.33. The maximum Gasteiger partial charge on any atom is 0.266 e. The van der Waals surface area contributed by atoms with Crippen LogP contribution < -0.4 is 5.56 Å². The average molecular weight is 414 g/mol. The second-order valence-corrected chi connectivity index (χ2v) is 9.36. The Labute approximate surface area is 174 Å². The molecule has 3 aromatic rings. The summed E-state index contributed by atoms with van der Waals surface area (Å²) < 4.78 is 7.66. The fraction of sp³-hybridized carbons (Fsp3) is 0.500. The van der Waals surface area contributed by atoms with Gasteiger partial charge in [-0.1, -0.05) is 26.8 Å². The molecule has 1 aliphatic rings. The first-order valence-corrected chi connectivity index (χ1v) is 11.0. The van der Waals surface area contributed by atoms with Crippen LogP contribution in [0.15, 0.2) is 35.3 Å². The summed E-state index contributed by atoms with van der Waals surface area (Å²) in [7, 11) is 0. The molecule has 0 saturated carbocycles. The molecule has 0 aliphatic carbocycles. The number of rotatable bonds is 5. The maximum atomic E-state index is 13.6. The number of hydrogen-bond donors (Lipinski definition) is 0. The Balaban J connectivity index is 1.75. The normalized spacial score (nSPS) is 22.2. The van der Waals surface area contributed by atoms with Crippen molar-refractivity contribution in [1.82, 2.24) is 14.3 Å². The molecule has 154 valence electrons. The fourth-order valence-corrected chi connectivity index (χ4v) is 4.97. The lowest BCUT2D eigenvalue weighted by molar-refractivity contribution is -0.0639. The van der Waals surface area contributed by atoms with Gasteiger partial charge in [-0.3, -0.25) is 14.0 Å². The molecule has 0 bridgehead atoms. The van der Waals surface area contributed by atoms with Gasteiger partial charge in [0.2, 0.25) is 0 Å². The van der Waals surface area contributed by atoms with E-state index in [0.29, 0.717) is 33.3 Å². The lowest BCUT2D eigenvalue weighted by Gasteiger charge is -2.36. The number of amides is 1. The molecule has 3 aromatic heterocycles. The van der Waals surface area contributed by atoms with E-state index in [0.717, 1.165) is 19.3 Å². The van der Waals surface area contributed by atoms with Crippen LogP contribution in [0.3, 0.4) is 0 Å². The molecule has 1 aliphatic heterocycles. The van der Waals surface area contributed by atoms with E-state index in [2.05, 4.69) is 25.8 Å². The third-order valence-electron chi connectivity index (χ3n) is 5.76. The first kappa shape index (κ1) is 20.0. The van der Waals surface area contributed by atoms with E-state index in [-0.39, 0.29) is 17.5 Å². The second kappa shape index (κ2) is 7.54. The van der Waals surface area contributed by atoms with Crippen LogP contribution in [0.2, 0.25) is 0 Å². The highest BCUT2D eigenvalue weighted by atomic mass is 32.1. The number of fused-ring (bicyclic) bond motifs is 2. The Morgan fingerprint density at radius 2 is 2.21 bits per heavy atom. The molecule has 2 atom stereocenters. The lowest BCUT2D eigenvalue weighted by Crippen LogP contribution is -2.49. The summed E-state index contributed by atoms with van der Waals surface area (Å²) in [5.74, 6) is 0.464. The van der Waals surface area contributed by atoms with Crippen molar-refractivity contribution in [2.75, 3.05) is 6.61 Å². The zero-order chi connectivity index (χ0) is 20.8. The molecule has 4 rings (SSSR count). The van der Waals surface area contributed by atoms with Gasteiger partial charge >= 0.3 is 0 Å². The van der Waals surface area contributed by atoms with Gasteiger partial charge in [-0.05, 0) is 50.3 Å². The van der Waals surface area contributed by atoms with Crippen molar-refractivity contribution in [3.8, 4) is 0 Å². The number of ether oxygens (including phenoxy) is 1. The number of carbonyl (C=O) groups is 1. The smallest absolute Gasteiger partial charge is 0.266 e. The summed E-state index contributed by atoms with van der Waals surface area (Å²) >= 11 is 1.29. The molecule has 0 N–H and O–H groups in total. The van der Waals surface area contributed by atoms with Gasteiger partial charge in [0.25, 0.3) is 11.5 Å². The summed E-state index contributed by atoms with van der Waals surface area (Å²) in [5.41, 5.74) is -0.178. The van der Waals surface area contributed by atoms with Crippen molar-refractivity contribution in [2.45, 2.75) is 58.7 Å². The van der Waals surface area contributed by atoms with E-state index in [4.69, 9.17) is 4.74 Å². The lowest BCUT2D eigenvalue weighted by atomic mass is 9.99. The number of carbonyl (C=O) groups excluding carboxylic acids is 1. The minimum atomic E-state index is -0.620. The van der Waals surface area contributed by atoms with E-state index in [1.165, 1.54) is 15.7 Å². The van der Waals surface area contributed by atoms with Gasteiger partial charge in [0, 0.05) is 6.20 Å². The Morgan fingerprint density at radius 3 is 2.93 bits per heavy atom. The van der Waals surface area contributed by atoms with E-state index < -0.39 is 5.72 Å². The van der Waals surface area contributed by atoms with Crippen LogP contribution >= 0.6 is 11.3 Å². The molecule has 1 fully saturated rings. The number of nitrogens with zero attached hydrogens (tertiary/aromatic N) is 3. The Bertz CT molecular complexity index is 1120. The molecule has 1 saturated heterocycles. The minimum absolute atomic E-state index is 0.0398. The van der Waals surface area contributed by atoms with Crippen LogP contribution in [0.4, 0.5) is 0 Å². The molecule has 0 unspecified atom stereocenters. The number of thiophene rings is 1. The van der Waals surface area contributed by atoms with Crippen molar-refractivity contribution in [3.05, 3.63) is 45.7 Å². The van der Waals surface area contributed by atoms with Crippen molar-refractivity contribution >= 4 is 33.1 Å².